The first kappa shape index (κ1) is 15.4. The van der Waals surface area contributed by atoms with Crippen LogP contribution < -0.4 is 5.73 Å². The summed E-state index contributed by atoms with van der Waals surface area (Å²) in [5.74, 6) is 0.514. The third-order valence-electron chi connectivity index (χ3n) is 3.38. The van der Waals surface area contributed by atoms with Crippen LogP contribution in [-0.2, 0) is 9.53 Å². The summed E-state index contributed by atoms with van der Waals surface area (Å²) in [6, 6.07) is 0. The molecule has 0 aromatic heterocycles. The van der Waals surface area contributed by atoms with Gasteiger partial charge in [-0.15, -0.1) is 0 Å². The monoisotopic (exact) mass is 256 g/mol. The van der Waals surface area contributed by atoms with Gasteiger partial charge in [-0.25, -0.2) is 0 Å². The molecule has 0 amide bonds. The number of nitrogens with two attached hydrogens (primary N) is 1. The van der Waals surface area contributed by atoms with Crippen molar-refractivity contribution in [2.24, 2.45) is 17.6 Å². The van der Waals surface area contributed by atoms with Gasteiger partial charge in [-0.05, 0) is 59.2 Å². The van der Waals surface area contributed by atoms with Gasteiger partial charge in [0.1, 0.15) is 5.60 Å². The molecule has 18 heavy (non-hydrogen) atoms. The van der Waals surface area contributed by atoms with Crippen molar-refractivity contribution in [3.8, 4) is 0 Å². The number of nitrogens with zero attached hydrogens (tertiary/aromatic N) is 1. The van der Waals surface area contributed by atoms with Crippen LogP contribution in [0.3, 0.4) is 0 Å². The number of ether oxygens (including phenoxy) is 1. The SMILES string of the molecule is CC(CN1CCC(CN)CC1)C(=O)OC(C)(C)C. The van der Waals surface area contributed by atoms with Gasteiger partial charge in [0.2, 0.25) is 0 Å². The second-order valence-corrected chi connectivity index (χ2v) is 6.41. The summed E-state index contributed by atoms with van der Waals surface area (Å²) in [6.45, 7) is 11.4. The zero-order valence-corrected chi connectivity index (χ0v) is 12.2. The van der Waals surface area contributed by atoms with E-state index >= 15 is 0 Å². The molecule has 1 fully saturated rings. The van der Waals surface area contributed by atoms with Crippen molar-refractivity contribution in [3.63, 3.8) is 0 Å². The van der Waals surface area contributed by atoms with Crippen LogP contribution in [0.25, 0.3) is 0 Å². The maximum atomic E-state index is 11.9. The molecule has 0 bridgehead atoms. The second-order valence-electron chi connectivity index (χ2n) is 6.41. The van der Waals surface area contributed by atoms with Crippen LogP contribution in [0, 0.1) is 11.8 Å². The number of esters is 1. The molecule has 0 aromatic carbocycles. The van der Waals surface area contributed by atoms with Gasteiger partial charge in [0, 0.05) is 6.54 Å². The first-order valence-corrected chi connectivity index (χ1v) is 6.97. The predicted molar refractivity (Wildman–Crippen MR) is 73.2 cm³/mol. The number of carbonyl (C=O) groups is 1. The molecule has 0 spiro atoms. The summed E-state index contributed by atoms with van der Waals surface area (Å²) in [6.07, 6.45) is 2.30. The minimum atomic E-state index is -0.391. The number of hydrogen-bond acceptors (Lipinski definition) is 4. The molecule has 1 aliphatic heterocycles. The lowest BCUT2D eigenvalue weighted by atomic mass is 9.96. The highest BCUT2D eigenvalue weighted by molar-refractivity contribution is 5.72. The average molecular weight is 256 g/mol. The molecule has 4 heteroatoms. The fraction of sp³-hybridized carbons (Fsp3) is 0.929. The highest BCUT2D eigenvalue weighted by Crippen LogP contribution is 2.18. The molecule has 2 N–H and O–H groups in total. The maximum absolute atomic E-state index is 11.9. The van der Waals surface area contributed by atoms with E-state index in [9.17, 15) is 4.79 Å². The van der Waals surface area contributed by atoms with Crippen molar-refractivity contribution in [2.45, 2.75) is 46.1 Å². The Bertz CT molecular complexity index is 265. The van der Waals surface area contributed by atoms with Crippen molar-refractivity contribution in [3.05, 3.63) is 0 Å². The van der Waals surface area contributed by atoms with Crippen molar-refractivity contribution in [2.75, 3.05) is 26.2 Å². The maximum Gasteiger partial charge on any atom is 0.310 e. The van der Waals surface area contributed by atoms with Crippen molar-refractivity contribution >= 4 is 5.97 Å². The molecule has 1 atom stereocenters. The van der Waals surface area contributed by atoms with Crippen LogP contribution in [0.1, 0.15) is 40.5 Å². The Kier molecular flexibility index (Phi) is 5.60. The van der Waals surface area contributed by atoms with Gasteiger partial charge in [0.15, 0.2) is 0 Å². The Morgan fingerprint density at radius 2 is 1.94 bits per heavy atom. The molecule has 0 aromatic rings. The quantitative estimate of drug-likeness (QED) is 0.777. The van der Waals surface area contributed by atoms with Gasteiger partial charge in [0.25, 0.3) is 0 Å². The number of hydrogen-bond donors (Lipinski definition) is 1. The van der Waals surface area contributed by atoms with Gasteiger partial charge in [0.05, 0.1) is 5.92 Å². The van der Waals surface area contributed by atoms with Gasteiger partial charge < -0.3 is 15.4 Å². The van der Waals surface area contributed by atoms with Crippen LogP contribution in [0.2, 0.25) is 0 Å². The van der Waals surface area contributed by atoms with Crippen LogP contribution in [-0.4, -0.2) is 42.6 Å². The van der Waals surface area contributed by atoms with Crippen LogP contribution in [0.4, 0.5) is 0 Å². The Balaban J connectivity index is 2.32. The Hall–Kier alpha value is -0.610. The van der Waals surface area contributed by atoms with Gasteiger partial charge in [-0.2, -0.15) is 0 Å². The molecule has 4 nitrogen and oxygen atoms in total. The van der Waals surface area contributed by atoms with Crippen LogP contribution in [0.15, 0.2) is 0 Å². The minimum Gasteiger partial charge on any atom is -0.460 e. The lowest BCUT2D eigenvalue weighted by Crippen LogP contribution is -2.41. The summed E-state index contributed by atoms with van der Waals surface area (Å²) in [5, 5.41) is 0. The summed E-state index contributed by atoms with van der Waals surface area (Å²) in [7, 11) is 0. The van der Waals surface area contributed by atoms with Gasteiger partial charge >= 0.3 is 5.97 Å². The largest absolute Gasteiger partial charge is 0.460 e. The molecule has 1 unspecified atom stereocenters. The zero-order chi connectivity index (χ0) is 13.8. The molecule has 1 heterocycles. The van der Waals surface area contributed by atoms with E-state index in [2.05, 4.69) is 4.90 Å². The van der Waals surface area contributed by atoms with Crippen molar-refractivity contribution in [1.29, 1.82) is 0 Å². The fourth-order valence-electron chi connectivity index (χ4n) is 2.27. The molecule has 1 aliphatic rings. The van der Waals surface area contributed by atoms with E-state index in [-0.39, 0.29) is 11.9 Å². The highest BCUT2D eigenvalue weighted by atomic mass is 16.6. The molecule has 0 radical (unpaired) electrons. The average Bonchev–Trinajstić information content (AvgIpc) is 2.27. The minimum absolute atomic E-state index is 0.0568. The summed E-state index contributed by atoms with van der Waals surface area (Å²) >= 11 is 0. The van der Waals surface area contributed by atoms with Gasteiger partial charge in [-0.3, -0.25) is 4.79 Å². The van der Waals surface area contributed by atoms with E-state index in [1.807, 2.05) is 27.7 Å². The van der Waals surface area contributed by atoms with Crippen molar-refractivity contribution in [1.82, 2.24) is 4.90 Å². The molecular formula is C14H28N2O2. The van der Waals surface area contributed by atoms with E-state index in [4.69, 9.17) is 10.5 Å². The first-order valence-electron chi connectivity index (χ1n) is 6.97. The Morgan fingerprint density at radius 1 is 1.39 bits per heavy atom. The van der Waals surface area contributed by atoms with E-state index in [0.717, 1.165) is 39.0 Å². The predicted octanol–water partition coefficient (Wildman–Crippen LogP) is 1.63. The van der Waals surface area contributed by atoms with Gasteiger partial charge in [-0.1, -0.05) is 6.92 Å². The van der Waals surface area contributed by atoms with Crippen LogP contribution >= 0.6 is 0 Å². The highest BCUT2D eigenvalue weighted by Gasteiger charge is 2.25. The number of likely N-dealkylation sites (tertiary alicyclic amines) is 1. The third-order valence-corrected chi connectivity index (χ3v) is 3.38. The second kappa shape index (κ2) is 6.53. The topological polar surface area (TPSA) is 55.6 Å². The normalized spacial score (nSPS) is 20.7. The first-order chi connectivity index (χ1) is 8.31. The molecule has 106 valence electrons. The Labute approximate surface area is 111 Å². The summed E-state index contributed by atoms with van der Waals surface area (Å²) in [5.41, 5.74) is 5.28. The number of piperidine rings is 1. The molecule has 0 aliphatic carbocycles. The van der Waals surface area contributed by atoms with E-state index in [1.165, 1.54) is 0 Å². The van der Waals surface area contributed by atoms with E-state index < -0.39 is 5.60 Å². The number of carbonyl (C=O) groups excluding carboxylic acids is 1. The fourth-order valence-corrected chi connectivity index (χ4v) is 2.27. The molecule has 1 saturated heterocycles. The lowest BCUT2D eigenvalue weighted by Gasteiger charge is -2.33. The standard InChI is InChI=1S/C14H28N2O2/c1-11(13(17)18-14(2,3)4)10-16-7-5-12(9-15)6-8-16/h11-12H,5-10,15H2,1-4H3. The number of rotatable bonds is 4. The van der Waals surface area contributed by atoms with Crippen LogP contribution in [0.5, 0.6) is 0 Å². The lowest BCUT2D eigenvalue weighted by molar-refractivity contribution is -0.160. The molecule has 1 rings (SSSR count). The summed E-state index contributed by atoms with van der Waals surface area (Å²) in [4.78, 5) is 14.2. The Morgan fingerprint density at radius 3 is 2.39 bits per heavy atom. The smallest absolute Gasteiger partial charge is 0.310 e. The summed E-state index contributed by atoms with van der Waals surface area (Å²) < 4.78 is 5.40. The van der Waals surface area contributed by atoms with Crippen molar-refractivity contribution < 1.29 is 9.53 Å². The van der Waals surface area contributed by atoms with E-state index in [1.54, 1.807) is 0 Å². The molecule has 0 saturated carbocycles. The van der Waals surface area contributed by atoms with E-state index in [0.29, 0.717) is 5.92 Å². The zero-order valence-electron chi connectivity index (χ0n) is 12.2. The third kappa shape index (κ3) is 5.36. The molecular weight excluding hydrogens is 228 g/mol.